The molecule has 0 saturated heterocycles. The van der Waals surface area contributed by atoms with E-state index in [1.165, 1.54) is 0 Å². The van der Waals surface area contributed by atoms with Gasteiger partial charge in [-0.15, -0.1) is 0 Å². The number of halogens is 4. The molecule has 6 heteroatoms. The molecule has 0 heterocycles. The van der Waals surface area contributed by atoms with Crippen molar-refractivity contribution in [2.24, 2.45) is 0 Å². The lowest BCUT2D eigenvalue weighted by Gasteiger charge is -2.13. The Hall–Kier alpha value is -2.08. The Morgan fingerprint density at radius 3 is 2.30 bits per heavy atom. The van der Waals surface area contributed by atoms with E-state index < -0.39 is 36.0 Å². The Bertz CT molecular complexity index is 616. The van der Waals surface area contributed by atoms with Gasteiger partial charge in [0.1, 0.15) is 30.1 Å². The zero-order valence-electron chi connectivity index (χ0n) is 10.1. The number of hydrogen-bond donors (Lipinski definition) is 1. The van der Waals surface area contributed by atoms with Gasteiger partial charge in [-0.05, 0) is 30.3 Å². The highest BCUT2D eigenvalue weighted by molar-refractivity contribution is 5.25. The lowest BCUT2D eigenvalue weighted by Crippen LogP contribution is -2.11. The van der Waals surface area contributed by atoms with Gasteiger partial charge in [0.05, 0.1) is 0 Å². The van der Waals surface area contributed by atoms with E-state index >= 15 is 0 Å². The highest BCUT2D eigenvalue weighted by Crippen LogP contribution is 2.21. The first-order chi connectivity index (χ1) is 9.47. The summed E-state index contributed by atoms with van der Waals surface area (Å²) in [5, 5.41) is 9.71. The van der Waals surface area contributed by atoms with Crippen LogP contribution in [0.2, 0.25) is 0 Å². The maximum atomic E-state index is 13.4. The number of aliphatic hydroxyl groups excluding tert-OH is 1. The van der Waals surface area contributed by atoms with Crippen molar-refractivity contribution < 1.29 is 27.4 Å². The molecule has 106 valence electrons. The van der Waals surface area contributed by atoms with Gasteiger partial charge in [0.15, 0.2) is 11.6 Å². The molecule has 2 nitrogen and oxygen atoms in total. The third-order valence-corrected chi connectivity index (χ3v) is 2.62. The standard InChI is InChI=1S/C14H10F4O2/c15-8-1-3-11(16)10(5-8)14(19)7-20-9-2-4-12(17)13(18)6-9/h1-6,14,19H,7H2. The molecule has 0 spiro atoms. The minimum Gasteiger partial charge on any atom is -0.490 e. The Morgan fingerprint density at radius 2 is 1.60 bits per heavy atom. The number of rotatable bonds is 4. The summed E-state index contributed by atoms with van der Waals surface area (Å²) in [5.41, 5.74) is -0.271. The number of hydrogen-bond acceptors (Lipinski definition) is 2. The number of ether oxygens (including phenoxy) is 1. The van der Waals surface area contributed by atoms with Crippen LogP contribution in [-0.2, 0) is 0 Å². The van der Waals surface area contributed by atoms with E-state index in [-0.39, 0.29) is 11.3 Å². The molecule has 0 radical (unpaired) electrons. The van der Waals surface area contributed by atoms with Crippen molar-refractivity contribution in [3.63, 3.8) is 0 Å². The zero-order chi connectivity index (χ0) is 14.7. The van der Waals surface area contributed by atoms with Gasteiger partial charge in [-0.2, -0.15) is 0 Å². The molecule has 0 aliphatic carbocycles. The molecule has 0 bridgehead atoms. The summed E-state index contributed by atoms with van der Waals surface area (Å²) in [7, 11) is 0. The van der Waals surface area contributed by atoms with Crippen LogP contribution in [0.25, 0.3) is 0 Å². The van der Waals surface area contributed by atoms with Crippen molar-refractivity contribution in [2.75, 3.05) is 6.61 Å². The summed E-state index contributed by atoms with van der Waals surface area (Å²) in [6.07, 6.45) is -1.43. The predicted molar refractivity (Wildman–Crippen MR) is 63.2 cm³/mol. The van der Waals surface area contributed by atoms with Crippen LogP contribution < -0.4 is 4.74 Å². The summed E-state index contributed by atoms with van der Waals surface area (Å²) in [4.78, 5) is 0. The summed E-state index contributed by atoms with van der Waals surface area (Å²) in [5.74, 6) is -3.65. The smallest absolute Gasteiger partial charge is 0.162 e. The zero-order valence-corrected chi connectivity index (χ0v) is 10.1. The second kappa shape index (κ2) is 5.92. The fourth-order valence-corrected chi connectivity index (χ4v) is 1.60. The van der Waals surface area contributed by atoms with Crippen LogP contribution in [0.15, 0.2) is 36.4 Å². The molecular formula is C14H10F4O2. The minimum absolute atomic E-state index is 0.0280. The van der Waals surface area contributed by atoms with Gasteiger partial charge in [-0.3, -0.25) is 0 Å². The molecule has 20 heavy (non-hydrogen) atoms. The predicted octanol–water partition coefficient (Wildman–Crippen LogP) is 3.36. The molecule has 1 N–H and O–H groups in total. The summed E-state index contributed by atoms with van der Waals surface area (Å²) in [6, 6.07) is 5.46. The van der Waals surface area contributed by atoms with Gasteiger partial charge in [0, 0.05) is 11.6 Å². The molecule has 0 amide bonds. The third-order valence-electron chi connectivity index (χ3n) is 2.62. The molecule has 2 aromatic rings. The number of aliphatic hydroxyl groups is 1. The lowest BCUT2D eigenvalue weighted by atomic mass is 10.1. The highest BCUT2D eigenvalue weighted by atomic mass is 19.2. The van der Waals surface area contributed by atoms with E-state index in [9.17, 15) is 22.7 Å². The van der Waals surface area contributed by atoms with Crippen LogP contribution in [0.3, 0.4) is 0 Å². The molecule has 1 atom stereocenters. The quantitative estimate of drug-likeness (QED) is 0.873. The molecule has 1 unspecified atom stereocenters. The van der Waals surface area contributed by atoms with Gasteiger partial charge in [0.2, 0.25) is 0 Å². The molecule has 2 aromatic carbocycles. The van der Waals surface area contributed by atoms with Crippen LogP contribution in [0, 0.1) is 23.3 Å². The van der Waals surface area contributed by atoms with Gasteiger partial charge in [-0.25, -0.2) is 17.6 Å². The average molecular weight is 286 g/mol. The van der Waals surface area contributed by atoms with Crippen LogP contribution >= 0.6 is 0 Å². The van der Waals surface area contributed by atoms with Crippen molar-refractivity contribution in [3.05, 3.63) is 65.2 Å². The van der Waals surface area contributed by atoms with Crippen molar-refractivity contribution >= 4 is 0 Å². The maximum Gasteiger partial charge on any atom is 0.162 e. The molecule has 0 aliphatic rings. The van der Waals surface area contributed by atoms with Crippen LogP contribution in [0.4, 0.5) is 17.6 Å². The third kappa shape index (κ3) is 3.27. The largest absolute Gasteiger partial charge is 0.490 e. The van der Waals surface area contributed by atoms with E-state index in [0.29, 0.717) is 0 Å². The summed E-state index contributed by atoms with van der Waals surface area (Å²) >= 11 is 0. The normalized spacial score (nSPS) is 12.2. The Kier molecular flexibility index (Phi) is 4.24. The van der Waals surface area contributed by atoms with Crippen LogP contribution in [-0.4, -0.2) is 11.7 Å². The fraction of sp³-hybridized carbons (Fsp3) is 0.143. The molecule has 0 fully saturated rings. The minimum atomic E-state index is -1.43. The van der Waals surface area contributed by atoms with Crippen LogP contribution in [0.1, 0.15) is 11.7 Å². The molecule has 0 saturated carbocycles. The topological polar surface area (TPSA) is 29.5 Å². The lowest BCUT2D eigenvalue weighted by molar-refractivity contribution is 0.104. The van der Waals surface area contributed by atoms with E-state index in [4.69, 9.17) is 4.74 Å². The van der Waals surface area contributed by atoms with Crippen molar-refractivity contribution in [1.82, 2.24) is 0 Å². The first kappa shape index (κ1) is 14.3. The number of benzene rings is 2. The summed E-state index contributed by atoms with van der Waals surface area (Å²) < 4.78 is 56.9. The first-order valence-corrected chi connectivity index (χ1v) is 5.68. The molecule has 0 aromatic heterocycles. The monoisotopic (exact) mass is 286 g/mol. The van der Waals surface area contributed by atoms with E-state index in [2.05, 4.69) is 0 Å². The Balaban J connectivity index is 2.06. The van der Waals surface area contributed by atoms with E-state index in [0.717, 1.165) is 36.4 Å². The van der Waals surface area contributed by atoms with Crippen LogP contribution in [0.5, 0.6) is 5.75 Å². The molecular weight excluding hydrogens is 276 g/mol. The average Bonchev–Trinajstić information content (AvgIpc) is 2.42. The maximum absolute atomic E-state index is 13.4. The Morgan fingerprint density at radius 1 is 0.900 bits per heavy atom. The van der Waals surface area contributed by atoms with E-state index in [1.807, 2.05) is 0 Å². The van der Waals surface area contributed by atoms with Crippen molar-refractivity contribution in [1.29, 1.82) is 0 Å². The first-order valence-electron chi connectivity index (χ1n) is 5.68. The molecule has 0 aliphatic heterocycles. The van der Waals surface area contributed by atoms with E-state index in [1.54, 1.807) is 0 Å². The second-order valence-corrected chi connectivity index (χ2v) is 4.07. The highest BCUT2D eigenvalue weighted by Gasteiger charge is 2.15. The van der Waals surface area contributed by atoms with Gasteiger partial charge in [-0.1, -0.05) is 0 Å². The van der Waals surface area contributed by atoms with Crippen molar-refractivity contribution in [2.45, 2.75) is 6.10 Å². The van der Waals surface area contributed by atoms with Gasteiger partial charge >= 0.3 is 0 Å². The SMILES string of the molecule is OC(COc1ccc(F)c(F)c1)c1cc(F)ccc1F. The van der Waals surface area contributed by atoms with Gasteiger partial charge < -0.3 is 9.84 Å². The Labute approximate surface area is 112 Å². The fourth-order valence-electron chi connectivity index (χ4n) is 1.60. The second-order valence-electron chi connectivity index (χ2n) is 4.07. The van der Waals surface area contributed by atoms with Gasteiger partial charge in [0.25, 0.3) is 0 Å². The molecule has 2 rings (SSSR count). The van der Waals surface area contributed by atoms with Crippen molar-refractivity contribution in [3.8, 4) is 5.75 Å². The summed E-state index contributed by atoms with van der Waals surface area (Å²) in [6.45, 7) is -0.425.